The molecule has 2 aliphatic heterocycles. The fourth-order valence-electron chi connectivity index (χ4n) is 3.94. The average molecular weight is 536 g/mol. The quantitative estimate of drug-likeness (QED) is 0.236. The summed E-state index contributed by atoms with van der Waals surface area (Å²) in [5, 5.41) is 26.5. The van der Waals surface area contributed by atoms with Gasteiger partial charge in [-0.15, -0.1) is 0 Å². The highest BCUT2D eigenvalue weighted by molar-refractivity contribution is 7.99. The summed E-state index contributed by atoms with van der Waals surface area (Å²) in [4.78, 5) is 4.70. The Kier molecular flexibility index (Phi) is 7.49. The Morgan fingerprint density at radius 2 is 1.94 bits per heavy atom. The summed E-state index contributed by atoms with van der Waals surface area (Å²) in [6, 6.07) is 10.5. The predicted octanol–water partition coefficient (Wildman–Crippen LogP) is 3.19. The van der Waals surface area contributed by atoms with E-state index in [0.29, 0.717) is 35.1 Å². The highest BCUT2D eigenvalue weighted by atomic mass is 35.5. The molecule has 0 amide bonds. The maximum atomic E-state index is 13.3. The Labute approximate surface area is 214 Å². The van der Waals surface area contributed by atoms with E-state index in [0.717, 1.165) is 11.5 Å². The van der Waals surface area contributed by atoms with Crippen LogP contribution in [0.15, 0.2) is 52.4 Å². The third kappa shape index (κ3) is 5.52. The molecule has 1 fully saturated rings. The molecule has 3 N–H and O–H groups in total. The lowest BCUT2D eigenvalue weighted by Gasteiger charge is -2.41. The van der Waals surface area contributed by atoms with Crippen LogP contribution in [0.2, 0.25) is 5.02 Å². The number of nitriles is 1. The zero-order valence-corrected chi connectivity index (χ0v) is 21.6. The second kappa shape index (κ2) is 10.2. The SMILES string of the molecule is CC1(C)Oc2ccc(S(=O)(=O)N3CCSCC3)cc2[C@@H](N=C(NC#N)Nc2ccc(Cl)cc2)[C@@H]1O. The molecule has 2 aromatic rings. The second-order valence-corrected chi connectivity index (χ2v) is 12.3. The lowest BCUT2D eigenvalue weighted by molar-refractivity contribution is -0.0568. The van der Waals surface area contributed by atoms with Crippen LogP contribution >= 0.6 is 23.4 Å². The minimum Gasteiger partial charge on any atom is -0.485 e. The van der Waals surface area contributed by atoms with Gasteiger partial charge in [-0.2, -0.15) is 21.3 Å². The van der Waals surface area contributed by atoms with Crippen molar-refractivity contribution in [1.82, 2.24) is 9.62 Å². The van der Waals surface area contributed by atoms with Gasteiger partial charge < -0.3 is 15.2 Å². The molecule has 0 aromatic heterocycles. The number of aliphatic hydroxyl groups excluding tert-OH is 1. The molecule has 186 valence electrons. The van der Waals surface area contributed by atoms with Gasteiger partial charge >= 0.3 is 0 Å². The van der Waals surface area contributed by atoms with E-state index in [-0.39, 0.29) is 10.9 Å². The van der Waals surface area contributed by atoms with Crippen molar-refractivity contribution in [2.45, 2.75) is 36.5 Å². The van der Waals surface area contributed by atoms with Crippen LogP contribution in [0.1, 0.15) is 25.5 Å². The normalized spacial score (nSPS) is 22.4. The summed E-state index contributed by atoms with van der Waals surface area (Å²) in [5.74, 6) is 1.99. The maximum absolute atomic E-state index is 13.3. The van der Waals surface area contributed by atoms with E-state index in [4.69, 9.17) is 16.3 Å². The fraction of sp³-hybridized carbons (Fsp3) is 0.391. The number of hydrogen-bond acceptors (Lipinski definition) is 7. The van der Waals surface area contributed by atoms with Crippen LogP contribution < -0.4 is 15.4 Å². The molecule has 1 saturated heterocycles. The number of fused-ring (bicyclic) bond motifs is 1. The lowest BCUT2D eigenvalue weighted by atomic mass is 9.87. The molecule has 0 saturated carbocycles. The van der Waals surface area contributed by atoms with Crippen molar-refractivity contribution >= 4 is 45.0 Å². The number of nitrogens with zero attached hydrogens (tertiary/aromatic N) is 3. The first-order chi connectivity index (χ1) is 16.6. The molecule has 0 bridgehead atoms. The first-order valence-electron chi connectivity index (χ1n) is 11.0. The molecule has 0 unspecified atom stereocenters. The number of benzene rings is 2. The van der Waals surface area contributed by atoms with E-state index in [9.17, 15) is 18.8 Å². The number of hydrogen-bond donors (Lipinski definition) is 3. The fourth-order valence-corrected chi connectivity index (χ4v) is 6.68. The summed E-state index contributed by atoms with van der Waals surface area (Å²) in [7, 11) is -3.72. The van der Waals surface area contributed by atoms with Gasteiger partial charge in [-0.25, -0.2) is 13.4 Å². The summed E-state index contributed by atoms with van der Waals surface area (Å²) in [5.41, 5.74) is 0.0274. The Bertz CT molecular complexity index is 1260. The smallest absolute Gasteiger partial charge is 0.243 e. The van der Waals surface area contributed by atoms with E-state index >= 15 is 0 Å². The van der Waals surface area contributed by atoms with Crippen molar-refractivity contribution in [2.24, 2.45) is 4.99 Å². The lowest BCUT2D eigenvalue weighted by Crippen LogP contribution is -2.49. The molecule has 2 atom stereocenters. The summed E-state index contributed by atoms with van der Waals surface area (Å²) < 4.78 is 34.0. The number of ether oxygens (including phenoxy) is 1. The van der Waals surface area contributed by atoms with Gasteiger partial charge in [-0.3, -0.25) is 5.32 Å². The highest BCUT2D eigenvalue weighted by Gasteiger charge is 2.44. The zero-order valence-electron chi connectivity index (χ0n) is 19.2. The summed E-state index contributed by atoms with van der Waals surface area (Å²) >= 11 is 7.67. The number of anilines is 1. The van der Waals surface area contributed by atoms with Crippen molar-refractivity contribution in [2.75, 3.05) is 29.9 Å². The molecule has 2 aromatic carbocycles. The van der Waals surface area contributed by atoms with Gasteiger partial charge in [0.1, 0.15) is 23.5 Å². The third-order valence-electron chi connectivity index (χ3n) is 5.84. The number of thioether (sulfide) groups is 1. The molecule has 0 radical (unpaired) electrons. The van der Waals surface area contributed by atoms with Crippen LogP contribution in [0.4, 0.5) is 5.69 Å². The van der Waals surface area contributed by atoms with Crippen molar-refractivity contribution in [3.63, 3.8) is 0 Å². The highest BCUT2D eigenvalue weighted by Crippen LogP contribution is 2.43. The summed E-state index contributed by atoms with van der Waals surface area (Å²) in [6.07, 6.45) is 0.717. The number of halogens is 1. The largest absolute Gasteiger partial charge is 0.485 e. The molecule has 0 aliphatic carbocycles. The Balaban J connectivity index is 1.75. The van der Waals surface area contributed by atoms with Crippen LogP contribution in [0, 0.1) is 11.5 Å². The molecule has 9 nitrogen and oxygen atoms in total. The number of rotatable bonds is 4. The van der Waals surface area contributed by atoms with E-state index < -0.39 is 27.8 Å². The van der Waals surface area contributed by atoms with Crippen LogP contribution in [0.25, 0.3) is 0 Å². The van der Waals surface area contributed by atoms with E-state index in [1.54, 1.807) is 55.9 Å². The molecule has 0 spiro atoms. The standard InChI is InChI=1S/C23H26ClN5O4S2/c1-23(2)21(30)20(28-22(26-14-25)27-16-5-3-15(24)4-6-16)18-13-17(7-8-19(18)33-23)35(31,32)29-9-11-34-12-10-29/h3-8,13,20-21,30H,9-12H2,1-2H3,(H2,26,27,28)/t20-,21+/m1/s1. The zero-order chi connectivity index (χ0) is 25.2. The van der Waals surface area contributed by atoms with Crippen LogP contribution in [0.5, 0.6) is 5.75 Å². The molecule has 12 heteroatoms. The number of sulfonamides is 1. The van der Waals surface area contributed by atoms with Crippen LogP contribution in [-0.2, 0) is 10.0 Å². The van der Waals surface area contributed by atoms with Crippen LogP contribution in [-0.4, -0.2) is 60.1 Å². The van der Waals surface area contributed by atoms with Gasteiger partial charge in [-0.1, -0.05) is 11.6 Å². The van der Waals surface area contributed by atoms with Gasteiger partial charge in [0.2, 0.25) is 16.0 Å². The first kappa shape index (κ1) is 25.6. The molecule has 4 rings (SSSR count). The van der Waals surface area contributed by atoms with Crippen molar-refractivity contribution in [3.8, 4) is 11.9 Å². The predicted molar refractivity (Wildman–Crippen MR) is 137 cm³/mol. The molecular formula is C23H26ClN5O4S2. The van der Waals surface area contributed by atoms with Crippen molar-refractivity contribution < 1.29 is 18.3 Å². The van der Waals surface area contributed by atoms with Crippen molar-refractivity contribution in [3.05, 3.63) is 53.1 Å². The molecule has 2 aliphatic rings. The van der Waals surface area contributed by atoms with E-state index in [1.165, 1.54) is 16.4 Å². The minimum absolute atomic E-state index is 0.0869. The van der Waals surface area contributed by atoms with Gasteiger partial charge in [0.05, 0.1) is 4.90 Å². The van der Waals surface area contributed by atoms with Gasteiger partial charge in [0.25, 0.3) is 0 Å². The number of nitrogens with one attached hydrogen (secondary N) is 2. The topological polar surface area (TPSA) is 127 Å². The molecule has 35 heavy (non-hydrogen) atoms. The Hall–Kier alpha value is -2.49. The third-order valence-corrected chi connectivity index (χ3v) is 8.93. The summed E-state index contributed by atoms with van der Waals surface area (Å²) in [6.45, 7) is 4.34. The van der Waals surface area contributed by atoms with Gasteiger partial charge in [-0.05, 0) is 56.3 Å². The van der Waals surface area contributed by atoms with E-state index in [2.05, 4.69) is 15.6 Å². The van der Waals surface area contributed by atoms with Crippen molar-refractivity contribution in [1.29, 1.82) is 5.26 Å². The average Bonchev–Trinajstić information content (AvgIpc) is 2.83. The van der Waals surface area contributed by atoms with Gasteiger partial charge in [0.15, 0.2) is 6.19 Å². The first-order valence-corrected chi connectivity index (χ1v) is 13.9. The monoisotopic (exact) mass is 535 g/mol. The number of guanidine groups is 1. The van der Waals surface area contributed by atoms with E-state index in [1.807, 2.05) is 6.19 Å². The molecular weight excluding hydrogens is 510 g/mol. The Morgan fingerprint density at radius 1 is 1.26 bits per heavy atom. The van der Waals surface area contributed by atoms with Gasteiger partial charge in [0, 0.05) is 40.9 Å². The molecule has 2 heterocycles. The number of aliphatic imine (C=N–C) groups is 1. The number of aliphatic hydroxyl groups is 1. The second-order valence-electron chi connectivity index (χ2n) is 8.66. The van der Waals surface area contributed by atoms with Crippen LogP contribution in [0.3, 0.4) is 0 Å². The Morgan fingerprint density at radius 3 is 2.60 bits per heavy atom. The maximum Gasteiger partial charge on any atom is 0.243 e. The minimum atomic E-state index is -3.72.